The Balaban J connectivity index is 1.60. The number of hydrogen-bond acceptors (Lipinski definition) is 49. The molecule has 6 saturated heterocycles. The standard InChI is InChI=1S/C73H100O49/c1-26(74)94-20-44-50(92)56(103-35(10)83)62(106-38(13)86)69(112-44)121-60-52(101-33(8)81)46(22-96-28(3)76)114-70(66(60)110-42(17)90)118-55-49(25-99-31(6)79)117-73(65(109-41(16)89)58(55)105-37(12)85)122-61-53(102-34(9)82)47(23-97-29(4)77)115-71(67(61)111-43(18)91)119-54-48(24-98-30(5)78)116-72(64(108-40(15)88)57(54)104-36(11)84)120-59-51(100-32(7)80)45(21-95-27(2)75)113-68(93-19)63(59)107-39(14)87/h44-73,92H,20-25H2,1-19H3/t44-,45-,46-,47-,48-,49-,50-,51-,52-,53-,54-,55-,56+,57+,58+,59+,60+,61+,62-,63-,64-,65-,66-,67-,68-,69+,70+,71+,72+,73+/m1/s1. The quantitative estimate of drug-likeness (QED) is 0.0483. The van der Waals surface area contributed by atoms with E-state index in [1.54, 1.807) is 0 Å². The van der Waals surface area contributed by atoms with Gasteiger partial charge in [-0.2, -0.15) is 0 Å². The SMILES string of the molecule is CO[C@@H]1O[C@H](COC(C)=O)[C@@H](OC(C)=O)[C@H](O[C@@H]2O[C@H](COC(C)=O)[C@@H](O[C@@H]3O[C@H](COC(C)=O)[C@@H](OC(C)=O)[C@H](O[C@@H]4O[C@H](COC(C)=O)[C@@H](O[C@@H]5O[C@H](COC(C)=O)[C@@H](OC(C)=O)[C@H](O[C@@H]6O[C@H](COC(C)=O)[C@@H](O)[C@H](OC(C)=O)[C@H]6OC(C)=O)[C@H]5OC(C)=O)[C@H](OC(C)=O)[C@H]4OC(C)=O)[C@H]3OC(C)=O)[C@H](OC(C)=O)[C@H]2OC(C)=O)[C@H]1OC(C)=O. The Morgan fingerprint density at radius 1 is 0.189 bits per heavy atom. The van der Waals surface area contributed by atoms with Gasteiger partial charge in [0.25, 0.3) is 0 Å². The Labute approximate surface area is 694 Å². The van der Waals surface area contributed by atoms with Gasteiger partial charge in [0, 0.05) is 132 Å². The fraction of sp³-hybridized carbons (Fsp3) is 0.753. The van der Waals surface area contributed by atoms with Crippen LogP contribution in [0.15, 0.2) is 0 Å². The summed E-state index contributed by atoms with van der Waals surface area (Å²) < 4.78 is 178. The van der Waals surface area contributed by atoms with Crippen LogP contribution < -0.4 is 0 Å². The maximum absolute atomic E-state index is 13.9. The Hall–Kier alpha value is -10.1. The van der Waals surface area contributed by atoms with Gasteiger partial charge in [-0.3, -0.25) is 86.3 Å². The first-order valence-electron chi connectivity index (χ1n) is 37.4. The van der Waals surface area contributed by atoms with Crippen molar-refractivity contribution < 1.29 is 234 Å². The molecule has 122 heavy (non-hydrogen) atoms. The molecule has 0 amide bonds. The summed E-state index contributed by atoms with van der Waals surface area (Å²) >= 11 is 0. The van der Waals surface area contributed by atoms with E-state index in [9.17, 15) is 91.4 Å². The molecule has 6 heterocycles. The number of esters is 18. The number of ether oxygens (including phenoxy) is 30. The Bertz CT molecular complexity index is 3730. The molecule has 49 nitrogen and oxygen atoms in total. The third-order valence-electron chi connectivity index (χ3n) is 17.6. The van der Waals surface area contributed by atoms with E-state index in [1.165, 1.54) is 0 Å². The Kier molecular flexibility index (Phi) is 38.3. The van der Waals surface area contributed by atoms with Gasteiger partial charge in [0.2, 0.25) is 0 Å². The molecule has 30 atom stereocenters. The predicted octanol–water partition coefficient (Wildman–Crippen LogP) is -3.17. The van der Waals surface area contributed by atoms with Crippen molar-refractivity contribution in [2.24, 2.45) is 0 Å². The minimum absolute atomic E-state index is 0.710. The summed E-state index contributed by atoms with van der Waals surface area (Å²) in [6, 6.07) is 0. The first-order chi connectivity index (χ1) is 57.2. The summed E-state index contributed by atoms with van der Waals surface area (Å²) in [6.07, 6.45) is -63.7. The molecule has 0 radical (unpaired) electrons. The van der Waals surface area contributed by atoms with Crippen molar-refractivity contribution in [1.82, 2.24) is 0 Å². The lowest BCUT2D eigenvalue weighted by Gasteiger charge is -2.52. The van der Waals surface area contributed by atoms with Gasteiger partial charge in [-0.15, -0.1) is 0 Å². The molecule has 6 rings (SSSR count). The number of rotatable bonds is 35. The van der Waals surface area contributed by atoms with Gasteiger partial charge in [-0.1, -0.05) is 0 Å². The molecule has 0 unspecified atom stereocenters. The number of methoxy groups -OCH3 is 1. The van der Waals surface area contributed by atoms with Gasteiger partial charge < -0.3 is 147 Å². The molecular formula is C73H100O49. The fourth-order valence-corrected chi connectivity index (χ4v) is 13.5. The van der Waals surface area contributed by atoms with E-state index >= 15 is 0 Å². The zero-order valence-corrected chi connectivity index (χ0v) is 69.6. The van der Waals surface area contributed by atoms with Crippen molar-refractivity contribution in [3.8, 4) is 0 Å². The van der Waals surface area contributed by atoms with Crippen LogP contribution in [-0.2, 0) is 228 Å². The molecule has 0 aromatic carbocycles. The van der Waals surface area contributed by atoms with E-state index in [2.05, 4.69) is 0 Å². The maximum atomic E-state index is 13.9. The average Bonchev–Trinajstić information content (AvgIpc) is 0.755. The lowest BCUT2D eigenvalue weighted by Crippen LogP contribution is -2.70. The van der Waals surface area contributed by atoms with Crippen molar-refractivity contribution >= 4 is 107 Å². The summed E-state index contributed by atoms with van der Waals surface area (Å²) in [6.45, 7) is 10.3. The second kappa shape index (κ2) is 46.4. The molecular weight excluding hydrogens is 1660 g/mol. The highest BCUT2D eigenvalue weighted by molar-refractivity contribution is 5.72. The smallest absolute Gasteiger partial charge is 0.303 e. The van der Waals surface area contributed by atoms with Gasteiger partial charge in [-0.25, -0.2) is 0 Å². The highest BCUT2D eigenvalue weighted by atomic mass is 16.8. The van der Waals surface area contributed by atoms with Gasteiger partial charge in [0.15, 0.2) is 111 Å². The van der Waals surface area contributed by atoms with Crippen LogP contribution >= 0.6 is 0 Å². The molecule has 0 aromatic rings. The van der Waals surface area contributed by atoms with Crippen LogP contribution in [0, 0.1) is 0 Å². The van der Waals surface area contributed by atoms with Crippen LogP contribution in [0.5, 0.6) is 0 Å². The highest BCUT2D eigenvalue weighted by Gasteiger charge is 2.64. The largest absolute Gasteiger partial charge is 0.463 e. The Morgan fingerprint density at radius 2 is 0.344 bits per heavy atom. The van der Waals surface area contributed by atoms with Gasteiger partial charge in [0.1, 0.15) is 113 Å². The number of carbonyl (C=O) groups is 18. The van der Waals surface area contributed by atoms with E-state index in [4.69, 9.17) is 142 Å². The van der Waals surface area contributed by atoms with Crippen molar-refractivity contribution in [3.05, 3.63) is 0 Å². The van der Waals surface area contributed by atoms with Crippen molar-refractivity contribution in [3.63, 3.8) is 0 Å². The maximum Gasteiger partial charge on any atom is 0.303 e. The van der Waals surface area contributed by atoms with Crippen LogP contribution in [0.2, 0.25) is 0 Å². The molecule has 0 bridgehead atoms. The average molecular weight is 1760 g/mol. The summed E-state index contributed by atoms with van der Waals surface area (Å²) in [5, 5.41) is 11.6. The fourth-order valence-electron chi connectivity index (χ4n) is 13.5. The van der Waals surface area contributed by atoms with Crippen molar-refractivity contribution in [2.45, 2.75) is 309 Å². The van der Waals surface area contributed by atoms with Gasteiger partial charge >= 0.3 is 107 Å². The van der Waals surface area contributed by atoms with E-state index < -0.39 is 331 Å². The lowest BCUT2D eigenvalue weighted by atomic mass is 9.94. The second-order valence-corrected chi connectivity index (χ2v) is 27.7. The number of aliphatic hydroxyl groups is 1. The minimum Gasteiger partial charge on any atom is -0.463 e. The minimum atomic E-state index is -2.49. The first-order valence-corrected chi connectivity index (χ1v) is 37.4. The summed E-state index contributed by atoms with van der Waals surface area (Å²) in [7, 11) is 1.09. The molecule has 6 aliphatic rings. The van der Waals surface area contributed by atoms with Crippen LogP contribution in [0.25, 0.3) is 0 Å². The number of hydrogen-bond donors (Lipinski definition) is 1. The van der Waals surface area contributed by atoms with Crippen LogP contribution in [-0.4, -0.2) is 344 Å². The van der Waals surface area contributed by atoms with E-state index in [0.29, 0.717) is 0 Å². The molecule has 686 valence electrons. The van der Waals surface area contributed by atoms with Crippen molar-refractivity contribution in [2.75, 3.05) is 46.8 Å². The molecule has 49 heteroatoms. The number of aliphatic hydroxyl groups excluding tert-OH is 1. The summed E-state index contributed by atoms with van der Waals surface area (Å²) in [5.41, 5.74) is 0. The molecule has 0 spiro atoms. The molecule has 1 N–H and O–H groups in total. The predicted molar refractivity (Wildman–Crippen MR) is 376 cm³/mol. The highest BCUT2D eigenvalue weighted by Crippen LogP contribution is 2.43. The summed E-state index contributed by atoms with van der Waals surface area (Å²) in [5.74, 6) is -20.4. The molecule has 0 aliphatic carbocycles. The Morgan fingerprint density at radius 3 is 0.566 bits per heavy atom. The topological polar surface area (TPSA) is 604 Å². The molecule has 0 aromatic heterocycles. The first kappa shape index (κ1) is 101. The summed E-state index contributed by atoms with van der Waals surface area (Å²) in [4.78, 5) is 237. The third-order valence-corrected chi connectivity index (χ3v) is 17.6. The van der Waals surface area contributed by atoms with Gasteiger partial charge in [-0.05, 0) is 0 Å². The van der Waals surface area contributed by atoms with Crippen molar-refractivity contribution in [1.29, 1.82) is 0 Å². The number of carbonyl (C=O) groups excluding carboxylic acids is 18. The second-order valence-electron chi connectivity index (χ2n) is 27.7. The van der Waals surface area contributed by atoms with E-state index in [1.807, 2.05) is 0 Å². The van der Waals surface area contributed by atoms with Crippen LogP contribution in [0.1, 0.15) is 125 Å². The van der Waals surface area contributed by atoms with E-state index in [0.717, 1.165) is 132 Å². The lowest BCUT2D eigenvalue weighted by molar-refractivity contribution is -0.397. The molecule has 6 aliphatic heterocycles. The van der Waals surface area contributed by atoms with Crippen LogP contribution in [0.4, 0.5) is 0 Å². The van der Waals surface area contributed by atoms with Crippen LogP contribution in [0.3, 0.4) is 0 Å². The zero-order chi connectivity index (χ0) is 91.2. The normalized spacial score (nSPS) is 33.5. The van der Waals surface area contributed by atoms with Gasteiger partial charge in [0.05, 0.1) is 0 Å². The molecule has 6 fully saturated rings. The molecule has 0 saturated carbocycles. The monoisotopic (exact) mass is 1760 g/mol. The van der Waals surface area contributed by atoms with E-state index in [-0.39, 0.29) is 0 Å². The third kappa shape index (κ3) is 29.6. The zero-order valence-electron chi connectivity index (χ0n) is 69.6.